The number of carbonyl (C=O) groups is 1. The molecule has 0 aliphatic heterocycles. The van der Waals surface area contributed by atoms with Gasteiger partial charge in [-0.15, -0.1) is 0 Å². The fraction of sp³-hybridized carbons (Fsp3) is 0. The highest BCUT2D eigenvalue weighted by Crippen LogP contribution is 2.17. The first-order chi connectivity index (χ1) is 9.54. The first-order valence-electron chi connectivity index (χ1n) is 5.74. The molecule has 0 saturated heterocycles. The van der Waals surface area contributed by atoms with Crippen LogP contribution in [0.4, 0.5) is 14.5 Å². The van der Waals surface area contributed by atoms with Crippen LogP contribution in [0.25, 0.3) is 6.08 Å². The number of benzene rings is 2. The van der Waals surface area contributed by atoms with Crippen molar-refractivity contribution in [3.05, 3.63) is 70.8 Å². The van der Waals surface area contributed by atoms with Crippen LogP contribution in [0.5, 0.6) is 0 Å². The molecule has 2 aromatic rings. The van der Waals surface area contributed by atoms with E-state index in [1.807, 2.05) is 0 Å². The Morgan fingerprint density at radius 1 is 1.10 bits per heavy atom. The molecule has 0 radical (unpaired) electrons. The average Bonchev–Trinajstić information content (AvgIpc) is 2.43. The van der Waals surface area contributed by atoms with Crippen molar-refractivity contribution in [2.45, 2.75) is 0 Å². The molecule has 0 aliphatic carbocycles. The topological polar surface area (TPSA) is 29.1 Å². The third-order valence-corrected chi connectivity index (χ3v) is 2.77. The minimum absolute atomic E-state index is 0.00825. The lowest BCUT2D eigenvalue weighted by Gasteiger charge is -2.01. The lowest BCUT2D eigenvalue weighted by molar-refractivity contribution is -0.111. The van der Waals surface area contributed by atoms with E-state index >= 15 is 0 Å². The van der Waals surface area contributed by atoms with Crippen LogP contribution in [0.2, 0.25) is 5.02 Å². The average molecular weight is 294 g/mol. The van der Waals surface area contributed by atoms with E-state index in [0.29, 0.717) is 11.3 Å². The Morgan fingerprint density at radius 3 is 2.45 bits per heavy atom. The second-order valence-corrected chi connectivity index (χ2v) is 4.41. The molecule has 0 heterocycles. The maximum atomic E-state index is 13.0. The van der Waals surface area contributed by atoms with E-state index in [0.717, 1.165) is 0 Å². The second kappa shape index (κ2) is 6.30. The van der Waals surface area contributed by atoms with Crippen molar-refractivity contribution in [2.75, 3.05) is 5.32 Å². The minimum Gasteiger partial charge on any atom is -0.323 e. The number of hydrogen-bond acceptors (Lipinski definition) is 1. The van der Waals surface area contributed by atoms with E-state index in [9.17, 15) is 13.6 Å². The first-order valence-corrected chi connectivity index (χ1v) is 6.12. The SMILES string of the molecule is O=C(/C=C/c1ccc(F)c(Cl)c1)Nc1ccc(F)cc1. The van der Waals surface area contributed by atoms with Crippen LogP contribution in [0.15, 0.2) is 48.5 Å². The van der Waals surface area contributed by atoms with Crippen LogP contribution in [0.1, 0.15) is 5.56 Å². The van der Waals surface area contributed by atoms with Gasteiger partial charge in [-0.25, -0.2) is 8.78 Å². The predicted octanol–water partition coefficient (Wildman–Crippen LogP) is 4.27. The summed E-state index contributed by atoms with van der Waals surface area (Å²) in [5.74, 6) is -1.27. The zero-order valence-electron chi connectivity index (χ0n) is 10.2. The monoisotopic (exact) mass is 293 g/mol. The second-order valence-electron chi connectivity index (χ2n) is 4.00. The van der Waals surface area contributed by atoms with Gasteiger partial charge in [-0.3, -0.25) is 4.79 Å². The molecule has 1 N–H and O–H groups in total. The van der Waals surface area contributed by atoms with E-state index in [1.165, 1.54) is 54.6 Å². The Morgan fingerprint density at radius 2 is 1.80 bits per heavy atom. The lowest BCUT2D eigenvalue weighted by atomic mass is 10.2. The van der Waals surface area contributed by atoms with Gasteiger partial charge in [0.1, 0.15) is 11.6 Å². The molecule has 5 heteroatoms. The fourth-order valence-electron chi connectivity index (χ4n) is 1.51. The highest BCUT2D eigenvalue weighted by molar-refractivity contribution is 6.30. The van der Waals surface area contributed by atoms with E-state index in [-0.39, 0.29) is 16.7 Å². The van der Waals surface area contributed by atoms with Gasteiger partial charge in [-0.05, 0) is 48.0 Å². The molecule has 0 atom stereocenters. The summed E-state index contributed by atoms with van der Waals surface area (Å²) in [6, 6.07) is 9.55. The van der Waals surface area contributed by atoms with Crippen molar-refractivity contribution in [1.29, 1.82) is 0 Å². The molecule has 0 saturated carbocycles. The Bertz CT molecular complexity index is 653. The molecule has 2 rings (SSSR count). The van der Waals surface area contributed by atoms with Crippen LogP contribution in [0.3, 0.4) is 0 Å². The number of carbonyl (C=O) groups excluding carboxylic acids is 1. The largest absolute Gasteiger partial charge is 0.323 e. The van der Waals surface area contributed by atoms with Gasteiger partial charge in [0, 0.05) is 11.8 Å². The van der Waals surface area contributed by atoms with Crippen LogP contribution in [-0.4, -0.2) is 5.91 Å². The maximum Gasteiger partial charge on any atom is 0.248 e. The van der Waals surface area contributed by atoms with Crippen LogP contribution < -0.4 is 5.32 Å². The van der Waals surface area contributed by atoms with Gasteiger partial charge in [0.05, 0.1) is 5.02 Å². The summed E-state index contributed by atoms with van der Waals surface area (Å²) >= 11 is 5.63. The van der Waals surface area contributed by atoms with Crippen molar-refractivity contribution in [3.63, 3.8) is 0 Å². The summed E-state index contributed by atoms with van der Waals surface area (Å²) in [7, 11) is 0. The van der Waals surface area contributed by atoms with Gasteiger partial charge in [0.2, 0.25) is 5.91 Å². The highest BCUT2D eigenvalue weighted by Gasteiger charge is 2.00. The molecular formula is C15H10ClF2NO. The van der Waals surface area contributed by atoms with Crippen molar-refractivity contribution >= 4 is 29.3 Å². The summed E-state index contributed by atoms with van der Waals surface area (Å²) in [6.07, 6.45) is 2.79. The van der Waals surface area contributed by atoms with Crippen LogP contribution in [0, 0.1) is 11.6 Å². The number of nitrogens with one attached hydrogen (secondary N) is 1. The van der Waals surface area contributed by atoms with Crippen molar-refractivity contribution in [3.8, 4) is 0 Å². The van der Waals surface area contributed by atoms with Gasteiger partial charge < -0.3 is 5.32 Å². The Hall–Kier alpha value is -2.20. The molecule has 20 heavy (non-hydrogen) atoms. The Labute approximate surface area is 119 Å². The normalized spacial score (nSPS) is 10.8. The summed E-state index contributed by atoms with van der Waals surface area (Å²) in [4.78, 5) is 11.6. The summed E-state index contributed by atoms with van der Waals surface area (Å²) < 4.78 is 25.6. The minimum atomic E-state index is -0.514. The third-order valence-electron chi connectivity index (χ3n) is 2.48. The number of halogens is 3. The summed E-state index contributed by atoms with van der Waals surface area (Å²) in [5.41, 5.74) is 1.09. The van der Waals surface area contributed by atoms with Gasteiger partial charge in [0.15, 0.2) is 0 Å². The summed E-state index contributed by atoms with van der Waals surface area (Å²) in [5, 5.41) is 2.56. The highest BCUT2D eigenvalue weighted by atomic mass is 35.5. The zero-order chi connectivity index (χ0) is 14.5. The number of hydrogen-bond donors (Lipinski definition) is 1. The van der Waals surface area contributed by atoms with Crippen molar-refractivity contribution in [2.24, 2.45) is 0 Å². The first kappa shape index (κ1) is 14.2. The molecule has 0 bridgehead atoms. The smallest absolute Gasteiger partial charge is 0.248 e. The summed E-state index contributed by atoms with van der Waals surface area (Å²) in [6.45, 7) is 0. The van der Waals surface area contributed by atoms with E-state index in [2.05, 4.69) is 5.32 Å². The molecule has 2 nitrogen and oxygen atoms in total. The molecule has 0 aromatic heterocycles. The number of rotatable bonds is 3. The Kier molecular flexibility index (Phi) is 4.48. The molecule has 0 spiro atoms. The van der Waals surface area contributed by atoms with Crippen molar-refractivity contribution in [1.82, 2.24) is 0 Å². The molecular weight excluding hydrogens is 284 g/mol. The third kappa shape index (κ3) is 3.90. The predicted molar refractivity (Wildman–Crippen MR) is 75.5 cm³/mol. The van der Waals surface area contributed by atoms with Gasteiger partial charge >= 0.3 is 0 Å². The van der Waals surface area contributed by atoms with E-state index in [4.69, 9.17) is 11.6 Å². The Balaban J connectivity index is 2.01. The lowest BCUT2D eigenvalue weighted by Crippen LogP contribution is -2.07. The maximum absolute atomic E-state index is 13.0. The van der Waals surface area contributed by atoms with Gasteiger partial charge in [0.25, 0.3) is 0 Å². The zero-order valence-corrected chi connectivity index (χ0v) is 11.0. The molecule has 0 fully saturated rings. The number of anilines is 1. The molecule has 1 amide bonds. The van der Waals surface area contributed by atoms with Gasteiger partial charge in [-0.1, -0.05) is 17.7 Å². The quantitative estimate of drug-likeness (QED) is 0.841. The molecule has 0 aliphatic rings. The van der Waals surface area contributed by atoms with E-state index < -0.39 is 5.82 Å². The molecule has 102 valence electrons. The fourth-order valence-corrected chi connectivity index (χ4v) is 1.69. The van der Waals surface area contributed by atoms with Gasteiger partial charge in [-0.2, -0.15) is 0 Å². The van der Waals surface area contributed by atoms with Crippen molar-refractivity contribution < 1.29 is 13.6 Å². The van der Waals surface area contributed by atoms with E-state index in [1.54, 1.807) is 0 Å². The standard InChI is InChI=1S/C15H10ClF2NO/c16-13-9-10(1-7-14(13)18)2-8-15(20)19-12-5-3-11(17)4-6-12/h1-9H,(H,19,20)/b8-2+. The molecule has 2 aromatic carbocycles. The number of amides is 1. The van der Waals surface area contributed by atoms with Crippen LogP contribution >= 0.6 is 11.6 Å². The molecule has 0 unspecified atom stereocenters. The van der Waals surface area contributed by atoms with Crippen LogP contribution in [-0.2, 0) is 4.79 Å².